The Morgan fingerprint density at radius 1 is 1.35 bits per heavy atom. The van der Waals surface area contributed by atoms with Crippen LogP contribution in [0.5, 0.6) is 0 Å². The maximum atomic E-state index is 12.8. The van der Waals surface area contributed by atoms with Crippen molar-refractivity contribution in [1.29, 1.82) is 0 Å². The van der Waals surface area contributed by atoms with Gasteiger partial charge in [-0.2, -0.15) is 4.31 Å². The Bertz CT molecular complexity index is 596. The molecule has 0 amide bonds. The van der Waals surface area contributed by atoms with E-state index >= 15 is 0 Å². The molecule has 1 aromatic rings. The van der Waals surface area contributed by atoms with Gasteiger partial charge in [0.1, 0.15) is 0 Å². The van der Waals surface area contributed by atoms with Crippen LogP contribution in [0.4, 0.5) is 5.69 Å². The highest BCUT2D eigenvalue weighted by molar-refractivity contribution is 7.89. The third kappa shape index (κ3) is 2.83. The van der Waals surface area contributed by atoms with Gasteiger partial charge < -0.3 is 5.73 Å². The lowest BCUT2D eigenvalue weighted by Crippen LogP contribution is -2.29. The second kappa shape index (κ2) is 5.74. The van der Waals surface area contributed by atoms with Crippen LogP contribution in [0.15, 0.2) is 17.0 Å². The van der Waals surface area contributed by atoms with E-state index in [1.807, 2.05) is 13.0 Å². The molecule has 0 bridgehead atoms. The zero-order valence-electron chi connectivity index (χ0n) is 12.5. The molecule has 2 N–H and O–H groups in total. The van der Waals surface area contributed by atoms with Gasteiger partial charge >= 0.3 is 0 Å². The third-order valence-electron chi connectivity index (χ3n) is 4.11. The van der Waals surface area contributed by atoms with Crippen molar-refractivity contribution in [2.75, 3.05) is 18.8 Å². The van der Waals surface area contributed by atoms with Gasteiger partial charge in [-0.3, -0.25) is 0 Å². The zero-order chi connectivity index (χ0) is 14.9. The summed E-state index contributed by atoms with van der Waals surface area (Å²) in [4.78, 5) is 0.368. The maximum Gasteiger partial charge on any atom is 0.243 e. The van der Waals surface area contributed by atoms with Gasteiger partial charge in [-0.05, 0) is 55.9 Å². The molecule has 1 aliphatic heterocycles. The highest BCUT2D eigenvalue weighted by Gasteiger charge is 2.33. The summed E-state index contributed by atoms with van der Waals surface area (Å²) in [5.41, 5.74) is 8.00. The number of sulfonamides is 1. The van der Waals surface area contributed by atoms with E-state index in [1.54, 1.807) is 17.3 Å². The third-order valence-corrected chi connectivity index (χ3v) is 6.10. The number of anilines is 1. The number of nitrogen functional groups attached to an aromatic ring is 1. The molecule has 112 valence electrons. The Kier molecular flexibility index (Phi) is 4.39. The van der Waals surface area contributed by atoms with Gasteiger partial charge in [-0.1, -0.05) is 13.3 Å². The molecule has 0 aromatic heterocycles. The topological polar surface area (TPSA) is 63.4 Å². The predicted octanol–water partition coefficient (Wildman–Crippen LogP) is 2.70. The number of hydrogen-bond acceptors (Lipinski definition) is 3. The molecule has 0 saturated carbocycles. The van der Waals surface area contributed by atoms with E-state index in [0.717, 1.165) is 24.8 Å². The second-order valence-corrected chi connectivity index (χ2v) is 7.69. The fraction of sp³-hybridized carbons (Fsp3) is 0.600. The van der Waals surface area contributed by atoms with Crippen LogP contribution in [-0.4, -0.2) is 25.8 Å². The van der Waals surface area contributed by atoms with Crippen molar-refractivity contribution < 1.29 is 8.42 Å². The molecule has 1 unspecified atom stereocenters. The highest BCUT2D eigenvalue weighted by atomic mass is 32.2. The molecule has 20 heavy (non-hydrogen) atoms. The fourth-order valence-electron chi connectivity index (χ4n) is 2.92. The molecule has 0 spiro atoms. The van der Waals surface area contributed by atoms with Crippen molar-refractivity contribution in [2.45, 2.75) is 44.9 Å². The zero-order valence-corrected chi connectivity index (χ0v) is 13.3. The number of aryl methyl sites for hydroxylation is 1. The minimum absolute atomic E-state index is 0.368. The standard InChI is InChI=1S/C15H24N2O2S/c1-4-5-13-6-7-17(10-13)20(18,19)15-9-11(2)8-14(16)12(15)3/h8-9,13H,4-7,10,16H2,1-3H3. The van der Waals surface area contributed by atoms with Gasteiger partial charge in [0.2, 0.25) is 10.0 Å². The number of nitrogens with zero attached hydrogens (tertiary/aromatic N) is 1. The first-order valence-corrected chi connectivity index (χ1v) is 8.67. The molecule has 0 radical (unpaired) electrons. The first-order valence-electron chi connectivity index (χ1n) is 7.23. The summed E-state index contributed by atoms with van der Waals surface area (Å²) in [5, 5.41) is 0. The van der Waals surface area contributed by atoms with E-state index in [2.05, 4.69) is 6.92 Å². The van der Waals surface area contributed by atoms with Crippen LogP contribution in [0.1, 0.15) is 37.3 Å². The first-order chi connectivity index (χ1) is 9.36. The van der Waals surface area contributed by atoms with Gasteiger partial charge in [0, 0.05) is 18.8 Å². The lowest BCUT2D eigenvalue weighted by molar-refractivity contribution is 0.444. The van der Waals surface area contributed by atoms with Crippen LogP contribution in [0, 0.1) is 19.8 Å². The van der Waals surface area contributed by atoms with E-state index in [-0.39, 0.29) is 0 Å². The van der Waals surface area contributed by atoms with Crippen LogP contribution in [0.25, 0.3) is 0 Å². The Morgan fingerprint density at radius 2 is 2.05 bits per heavy atom. The summed E-state index contributed by atoms with van der Waals surface area (Å²) in [5.74, 6) is 0.497. The predicted molar refractivity (Wildman–Crippen MR) is 82.1 cm³/mol. The van der Waals surface area contributed by atoms with Crippen molar-refractivity contribution in [3.8, 4) is 0 Å². The average molecular weight is 296 g/mol. The molecular formula is C15H24N2O2S. The number of nitrogens with two attached hydrogens (primary N) is 1. The van der Waals surface area contributed by atoms with Gasteiger partial charge in [-0.25, -0.2) is 8.42 Å². The Balaban J connectivity index is 2.32. The quantitative estimate of drug-likeness (QED) is 0.869. The number of benzene rings is 1. The molecule has 1 aliphatic rings. The van der Waals surface area contributed by atoms with Crippen LogP contribution in [-0.2, 0) is 10.0 Å². The molecule has 2 rings (SSSR count). The van der Waals surface area contributed by atoms with E-state index in [9.17, 15) is 8.42 Å². The van der Waals surface area contributed by atoms with E-state index in [0.29, 0.717) is 35.2 Å². The Morgan fingerprint density at radius 3 is 2.70 bits per heavy atom. The lowest BCUT2D eigenvalue weighted by atomic mass is 10.0. The van der Waals surface area contributed by atoms with Gasteiger partial charge in [0.05, 0.1) is 4.90 Å². The second-order valence-electron chi connectivity index (χ2n) is 5.78. The maximum absolute atomic E-state index is 12.8. The molecule has 4 nitrogen and oxygen atoms in total. The summed E-state index contributed by atoms with van der Waals surface area (Å²) >= 11 is 0. The molecule has 1 saturated heterocycles. The van der Waals surface area contributed by atoms with Crippen LogP contribution in [0.3, 0.4) is 0 Å². The van der Waals surface area contributed by atoms with Crippen LogP contribution in [0.2, 0.25) is 0 Å². The molecule has 1 aromatic carbocycles. The highest BCUT2D eigenvalue weighted by Crippen LogP contribution is 2.30. The van der Waals surface area contributed by atoms with Crippen molar-refractivity contribution in [2.24, 2.45) is 5.92 Å². The minimum atomic E-state index is -3.41. The molecule has 5 heteroatoms. The molecule has 1 fully saturated rings. The van der Waals surface area contributed by atoms with Crippen LogP contribution < -0.4 is 5.73 Å². The Labute approximate surface area is 122 Å². The number of hydrogen-bond donors (Lipinski definition) is 1. The van der Waals surface area contributed by atoms with Crippen LogP contribution >= 0.6 is 0 Å². The lowest BCUT2D eigenvalue weighted by Gasteiger charge is -2.19. The monoisotopic (exact) mass is 296 g/mol. The summed E-state index contributed by atoms with van der Waals surface area (Å²) in [6.45, 7) is 7.06. The number of rotatable bonds is 4. The molecular weight excluding hydrogens is 272 g/mol. The van der Waals surface area contributed by atoms with Gasteiger partial charge in [-0.15, -0.1) is 0 Å². The molecule has 0 aliphatic carbocycles. The normalized spacial score (nSPS) is 20.4. The minimum Gasteiger partial charge on any atom is -0.398 e. The molecule has 1 heterocycles. The Hall–Kier alpha value is -1.07. The SMILES string of the molecule is CCCC1CCN(S(=O)(=O)c2cc(C)cc(N)c2C)C1. The summed E-state index contributed by atoms with van der Waals surface area (Å²) in [7, 11) is -3.41. The largest absolute Gasteiger partial charge is 0.398 e. The smallest absolute Gasteiger partial charge is 0.243 e. The average Bonchev–Trinajstić information content (AvgIpc) is 2.83. The van der Waals surface area contributed by atoms with E-state index < -0.39 is 10.0 Å². The first kappa shape index (κ1) is 15.3. The van der Waals surface area contributed by atoms with Crippen molar-refractivity contribution in [1.82, 2.24) is 4.31 Å². The summed E-state index contributed by atoms with van der Waals surface area (Å²) in [6.07, 6.45) is 3.17. The summed E-state index contributed by atoms with van der Waals surface area (Å²) in [6, 6.07) is 3.55. The van der Waals surface area contributed by atoms with Crippen molar-refractivity contribution >= 4 is 15.7 Å². The van der Waals surface area contributed by atoms with E-state index in [1.165, 1.54) is 0 Å². The molecule has 1 atom stereocenters. The van der Waals surface area contributed by atoms with Crippen molar-refractivity contribution in [3.63, 3.8) is 0 Å². The van der Waals surface area contributed by atoms with E-state index in [4.69, 9.17) is 5.73 Å². The summed E-state index contributed by atoms with van der Waals surface area (Å²) < 4.78 is 27.2. The fourth-order valence-corrected chi connectivity index (χ4v) is 4.79. The van der Waals surface area contributed by atoms with Crippen molar-refractivity contribution in [3.05, 3.63) is 23.3 Å². The van der Waals surface area contributed by atoms with Gasteiger partial charge in [0.25, 0.3) is 0 Å². The van der Waals surface area contributed by atoms with Gasteiger partial charge in [0.15, 0.2) is 0 Å².